The van der Waals surface area contributed by atoms with Gasteiger partial charge in [-0.25, -0.2) is 4.21 Å². The molecule has 1 nitrogen and oxygen atoms in total. The molecular weight excluding hydrogens is 271 g/mol. The van der Waals surface area contributed by atoms with Crippen molar-refractivity contribution in [2.24, 2.45) is 0 Å². The predicted molar refractivity (Wildman–Crippen MR) is 82.3 cm³/mol. The van der Waals surface area contributed by atoms with Crippen LogP contribution in [0.2, 0.25) is 0 Å². The SMILES string of the molecule is Cc1ccc([S@](=O)/C(F)=C/C=C/c2ccccc2)cc1. The molecule has 0 amide bonds. The Morgan fingerprint density at radius 1 is 1.05 bits per heavy atom. The summed E-state index contributed by atoms with van der Waals surface area (Å²) in [5, 5.41) is -0.652. The minimum absolute atomic E-state index is 0.470. The van der Waals surface area contributed by atoms with E-state index in [4.69, 9.17) is 0 Å². The first-order valence-electron chi connectivity index (χ1n) is 6.24. The van der Waals surface area contributed by atoms with Crippen molar-refractivity contribution in [3.8, 4) is 0 Å². The lowest BCUT2D eigenvalue weighted by Crippen LogP contribution is -1.91. The normalized spacial score (nSPS) is 13.6. The smallest absolute Gasteiger partial charge is 0.191 e. The van der Waals surface area contributed by atoms with E-state index in [0.29, 0.717) is 4.90 Å². The topological polar surface area (TPSA) is 17.1 Å². The van der Waals surface area contributed by atoms with E-state index in [0.717, 1.165) is 11.1 Å². The average Bonchev–Trinajstić information content (AvgIpc) is 2.48. The lowest BCUT2D eigenvalue weighted by atomic mass is 10.2. The van der Waals surface area contributed by atoms with Crippen LogP contribution in [0, 0.1) is 6.92 Å². The number of hydrogen-bond acceptors (Lipinski definition) is 1. The second-order valence-electron chi connectivity index (χ2n) is 4.32. The summed E-state index contributed by atoms with van der Waals surface area (Å²) >= 11 is 0. The average molecular weight is 286 g/mol. The maximum absolute atomic E-state index is 13.8. The van der Waals surface area contributed by atoms with Crippen molar-refractivity contribution < 1.29 is 8.60 Å². The first kappa shape index (κ1) is 14.4. The third kappa shape index (κ3) is 4.00. The monoisotopic (exact) mass is 286 g/mol. The van der Waals surface area contributed by atoms with Crippen LogP contribution in [-0.4, -0.2) is 4.21 Å². The van der Waals surface area contributed by atoms with E-state index in [9.17, 15) is 8.60 Å². The van der Waals surface area contributed by atoms with Gasteiger partial charge in [0.1, 0.15) is 10.8 Å². The van der Waals surface area contributed by atoms with Gasteiger partial charge in [-0.3, -0.25) is 0 Å². The first-order valence-corrected chi connectivity index (χ1v) is 7.39. The zero-order valence-corrected chi connectivity index (χ0v) is 11.9. The molecule has 0 fully saturated rings. The summed E-state index contributed by atoms with van der Waals surface area (Å²) < 4.78 is 25.7. The number of hydrogen-bond donors (Lipinski definition) is 0. The molecular formula is C17H15FOS. The van der Waals surface area contributed by atoms with E-state index < -0.39 is 16.0 Å². The summed E-state index contributed by atoms with van der Waals surface area (Å²) in [6, 6.07) is 16.6. The van der Waals surface area contributed by atoms with E-state index in [2.05, 4.69) is 0 Å². The molecule has 0 aromatic heterocycles. The Kier molecular flexibility index (Phi) is 5.02. The molecule has 0 radical (unpaired) electrons. The summed E-state index contributed by atoms with van der Waals surface area (Å²) in [6.07, 6.45) is 4.58. The quantitative estimate of drug-likeness (QED) is 0.749. The maximum atomic E-state index is 13.8. The predicted octanol–water partition coefficient (Wildman–Crippen LogP) is 4.63. The maximum Gasteiger partial charge on any atom is 0.191 e. The first-order chi connectivity index (χ1) is 9.66. The highest BCUT2D eigenvalue weighted by atomic mass is 32.2. The molecule has 20 heavy (non-hydrogen) atoms. The van der Waals surface area contributed by atoms with Crippen LogP contribution in [0.4, 0.5) is 4.39 Å². The molecule has 2 aromatic carbocycles. The van der Waals surface area contributed by atoms with Gasteiger partial charge >= 0.3 is 0 Å². The Hall–Kier alpha value is -2.00. The fourth-order valence-electron chi connectivity index (χ4n) is 1.64. The van der Waals surface area contributed by atoms with E-state index in [1.807, 2.05) is 49.4 Å². The standard InChI is InChI=1S/C17H15FOS/c1-14-10-12-16(13-11-14)20(19)17(18)9-5-8-15-6-3-2-4-7-15/h2-13H,1H3/b8-5+,17-9+/t20-/m0/s1. The number of rotatable bonds is 4. The Morgan fingerprint density at radius 3 is 2.35 bits per heavy atom. The molecule has 0 unspecified atom stereocenters. The second-order valence-corrected chi connectivity index (χ2v) is 5.72. The molecule has 0 heterocycles. The van der Waals surface area contributed by atoms with E-state index in [-0.39, 0.29) is 0 Å². The van der Waals surface area contributed by atoms with E-state index in [1.54, 1.807) is 24.3 Å². The van der Waals surface area contributed by atoms with Gasteiger partial charge in [0.15, 0.2) is 5.16 Å². The lowest BCUT2D eigenvalue weighted by molar-refractivity contribution is 0.650. The van der Waals surface area contributed by atoms with Gasteiger partial charge < -0.3 is 0 Å². The van der Waals surface area contributed by atoms with Crippen molar-refractivity contribution in [3.05, 3.63) is 83.0 Å². The van der Waals surface area contributed by atoms with Gasteiger partial charge in [-0.05, 0) is 30.7 Å². The van der Waals surface area contributed by atoms with Crippen molar-refractivity contribution in [2.45, 2.75) is 11.8 Å². The van der Waals surface area contributed by atoms with Crippen LogP contribution >= 0.6 is 0 Å². The molecule has 0 aliphatic heterocycles. The van der Waals surface area contributed by atoms with Crippen LogP contribution in [0.1, 0.15) is 11.1 Å². The van der Waals surface area contributed by atoms with Gasteiger partial charge in [0.05, 0.1) is 0 Å². The molecule has 0 N–H and O–H groups in total. The molecule has 0 aliphatic carbocycles. The Morgan fingerprint density at radius 2 is 1.70 bits per heavy atom. The van der Waals surface area contributed by atoms with Crippen molar-refractivity contribution in [1.82, 2.24) is 0 Å². The molecule has 0 aliphatic rings. The number of allylic oxidation sites excluding steroid dienone is 2. The van der Waals surface area contributed by atoms with Gasteiger partial charge in [0, 0.05) is 4.90 Å². The highest BCUT2D eigenvalue weighted by molar-refractivity contribution is 7.88. The minimum Gasteiger partial charge on any atom is -0.247 e. The third-order valence-corrected chi connectivity index (χ3v) is 3.92. The summed E-state index contributed by atoms with van der Waals surface area (Å²) in [7, 11) is -1.75. The number of halogens is 1. The molecule has 1 atom stereocenters. The highest BCUT2D eigenvalue weighted by Gasteiger charge is 2.08. The van der Waals surface area contributed by atoms with Crippen LogP contribution in [0.5, 0.6) is 0 Å². The molecule has 0 spiro atoms. The van der Waals surface area contributed by atoms with Crippen LogP contribution in [-0.2, 0) is 10.8 Å². The minimum atomic E-state index is -1.75. The van der Waals surface area contributed by atoms with Gasteiger partial charge in [-0.15, -0.1) is 0 Å². The zero-order valence-electron chi connectivity index (χ0n) is 11.1. The van der Waals surface area contributed by atoms with Gasteiger partial charge in [-0.2, -0.15) is 4.39 Å². The van der Waals surface area contributed by atoms with Crippen molar-refractivity contribution >= 4 is 16.9 Å². The van der Waals surface area contributed by atoms with Crippen molar-refractivity contribution in [3.63, 3.8) is 0 Å². The molecule has 3 heteroatoms. The lowest BCUT2D eigenvalue weighted by Gasteiger charge is -1.99. The number of aryl methyl sites for hydroxylation is 1. The van der Waals surface area contributed by atoms with Gasteiger partial charge in [0.25, 0.3) is 0 Å². The molecule has 0 bridgehead atoms. The molecule has 102 valence electrons. The largest absolute Gasteiger partial charge is 0.247 e. The summed E-state index contributed by atoms with van der Waals surface area (Å²) in [6.45, 7) is 1.93. The van der Waals surface area contributed by atoms with Crippen LogP contribution in [0.15, 0.2) is 76.8 Å². The Bertz CT molecular complexity index is 642. The van der Waals surface area contributed by atoms with Gasteiger partial charge in [0.2, 0.25) is 0 Å². The van der Waals surface area contributed by atoms with Crippen LogP contribution in [0.25, 0.3) is 6.08 Å². The summed E-state index contributed by atoms with van der Waals surface area (Å²) in [4.78, 5) is 0.470. The fraction of sp³-hybridized carbons (Fsp3) is 0.0588. The Balaban J connectivity index is 2.08. The van der Waals surface area contributed by atoms with Crippen molar-refractivity contribution in [2.75, 3.05) is 0 Å². The van der Waals surface area contributed by atoms with Crippen LogP contribution < -0.4 is 0 Å². The molecule has 2 rings (SSSR count). The summed E-state index contributed by atoms with van der Waals surface area (Å²) in [5.41, 5.74) is 2.02. The van der Waals surface area contributed by atoms with Crippen LogP contribution in [0.3, 0.4) is 0 Å². The molecule has 0 saturated heterocycles. The van der Waals surface area contributed by atoms with Gasteiger partial charge in [-0.1, -0.05) is 60.2 Å². The summed E-state index contributed by atoms with van der Waals surface area (Å²) in [5.74, 6) is 0. The zero-order chi connectivity index (χ0) is 14.4. The van der Waals surface area contributed by atoms with Crippen molar-refractivity contribution in [1.29, 1.82) is 0 Å². The molecule has 2 aromatic rings. The number of benzene rings is 2. The molecule has 0 saturated carbocycles. The highest BCUT2D eigenvalue weighted by Crippen LogP contribution is 2.16. The third-order valence-electron chi connectivity index (χ3n) is 2.73. The van der Waals surface area contributed by atoms with E-state index in [1.165, 1.54) is 6.08 Å². The second kappa shape index (κ2) is 6.96. The Labute approximate surface area is 120 Å². The fourth-order valence-corrected chi connectivity index (χ4v) is 2.45. The van der Waals surface area contributed by atoms with E-state index >= 15 is 0 Å².